The molecule has 2 fully saturated rings. The average molecular weight is 274 g/mol. The SMILES string of the molecule is CN1CC(CN)CC1c1ccc2c(c1)OC1(CCC1)O2. The second-order valence-electron chi connectivity index (χ2n) is 6.47. The van der Waals surface area contributed by atoms with Crippen LogP contribution in [0.4, 0.5) is 0 Å². The Kier molecular flexibility index (Phi) is 2.72. The molecule has 20 heavy (non-hydrogen) atoms. The topological polar surface area (TPSA) is 47.7 Å². The minimum atomic E-state index is -0.331. The van der Waals surface area contributed by atoms with Gasteiger partial charge in [0.05, 0.1) is 0 Å². The third kappa shape index (κ3) is 1.82. The van der Waals surface area contributed by atoms with Gasteiger partial charge in [-0.2, -0.15) is 0 Å². The summed E-state index contributed by atoms with van der Waals surface area (Å²) in [5.41, 5.74) is 7.14. The third-order valence-electron chi connectivity index (χ3n) is 5.03. The Morgan fingerprint density at radius 2 is 2.10 bits per heavy atom. The zero-order chi connectivity index (χ0) is 13.7. The molecule has 0 radical (unpaired) electrons. The van der Waals surface area contributed by atoms with Crippen LogP contribution in [0.1, 0.15) is 37.3 Å². The number of ether oxygens (including phenoxy) is 2. The fraction of sp³-hybridized carbons (Fsp3) is 0.625. The van der Waals surface area contributed by atoms with Gasteiger partial charge in [-0.1, -0.05) is 6.07 Å². The fourth-order valence-corrected chi connectivity index (χ4v) is 3.65. The number of fused-ring (bicyclic) bond motifs is 1. The van der Waals surface area contributed by atoms with Crippen molar-refractivity contribution in [2.75, 3.05) is 20.1 Å². The molecule has 1 saturated heterocycles. The number of likely N-dealkylation sites (tertiary alicyclic amines) is 1. The molecular weight excluding hydrogens is 252 g/mol. The van der Waals surface area contributed by atoms with Gasteiger partial charge in [-0.15, -0.1) is 0 Å². The lowest BCUT2D eigenvalue weighted by Crippen LogP contribution is -2.45. The summed E-state index contributed by atoms with van der Waals surface area (Å²) in [6.07, 6.45) is 4.35. The summed E-state index contributed by atoms with van der Waals surface area (Å²) in [5, 5.41) is 0. The Hall–Kier alpha value is -1.26. The Morgan fingerprint density at radius 3 is 2.75 bits per heavy atom. The molecule has 4 heteroatoms. The smallest absolute Gasteiger partial charge is 0.251 e. The van der Waals surface area contributed by atoms with Crippen molar-refractivity contribution in [1.29, 1.82) is 0 Å². The zero-order valence-electron chi connectivity index (χ0n) is 12.0. The van der Waals surface area contributed by atoms with Gasteiger partial charge in [-0.3, -0.25) is 4.90 Å². The van der Waals surface area contributed by atoms with Gasteiger partial charge in [0.1, 0.15) is 0 Å². The molecule has 2 N–H and O–H groups in total. The van der Waals surface area contributed by atoms with Crippen LogP contribution in [0.3, 0.4) is 0 Å². The van der Waals surface area contributed by atoms with Crippen molar-refractivity contribution in [3.63, 3.8) is 0 Å². The van der Waals surface area contributed by atoms with E-state index >= 15 is 0 Å². The van der Waals surface area contributed by atoms with Gasteiger partial charge in [0, 0.05) is 25.4 Å². The van der Waals surface area contributed by atoms with Gasteiger partial charge in [-0.25, -0.2) is 0 Å². The van der Waals surface area contributed by atoms with E-state index < -0.39 is 0 Å². The summed E-state index contributed by atoms with van der Waals surface area (Å²) in [6.45, 7) is 1.86. The normalized spacial score (nSPS) is 30.7. The van der Waals surface area contributed by atoms with Gasteiger partial charge in [0.15, 0.2) is 11.5 Å². The van der Waals surface area contributed by atoms with Crippen molar-refractivity contribution in [1.82, 2.24) is 4.90 Å². The number of nitrogens with zero attached hydrogens (tertiary/aromatic N) is 1. The lowest BCUT2D eigenvalue weighted by molar-refractivity contribution is -0.138. The summed E-state index contributed by atoms with van der Waals surface area (Å²) in [5.74, 6) is 2.10. The molecule has 0 amide bonds. The van der Waals surface area contributed by atoms with Crippen molar-refractivity contribution in [2.24, 2.45) is 11.7 Å². The number of rotatable bonds is 2. The molecule has 0 bridgehead atoms. The molecule has 2 aliphatic heterocycles. The lowest BCUT2D eigenvalue weighted by Gasteiger charge is -2.35. The highest BCUT2D eigenvalue weighted by Crippen LogP contribution is 2.49. The zero-order valence-corrected chi connectivity index (χ0v) is 12.0. The summed E-state index contributed by atoms with van der Waals surface area (Å²) in [6, 6.07) is 6.87. The Labute approximate surface area is 119 Å². The highest BCUT2D eigenvalue weighted by atomic mass is 16.7. The van der Waals surface area contributed by atoms with E-state index in [4.69, 9.17) is 15.2 Å². The summed E-state index contributed by atoms with van der Waals surface area (Å²) < 4.78 is 12.0. The van der Waals surface area contributed by atoms with Crippen molar-refractivity contribution in [3.05, 3.63) is 23.8 Å². The molecule has 4 nitrogen and oxygen atoms in total. The maximum absolute atomic E-state index is 6.05. The van der Waals surface area contributed by atoms with E-state index in [0.29, 0.717) is 12.0 Å². The fourth-order valence-electron chi connectivity index (χ4n) is 3.65. The summed E-state index contributed by atoms with van der Waals surface area (Å²) >= 11 is 0. The first-order valence-corrected chi connectivity index (χ1v) is 7.61. The summed E-state index contributed by atoms with van der Waals surface area (Å²) in [4.78, 5) is 2.40. The number of nitrogens with two attached hydrogens (primary N) is 1. The molecule has 0 aromatic heterocycles. The van der Waals surface area contributed by atoms with E-state index in [9.17, 15) is 0 Å². The standard InChI is InChI=1S/C16H22N2O2/c1-18-10-11(9-17)7-13(18)12-3-4-14-15(8-12)20-16(19-14)5-2-6-16/h3-4,8,11,13H,2,5-7,9-10,17H2,1H3. The molecule has 1 spiro atoms. The largest absolute Gasteiger partial charge is 0.448 e. The molecule has 2 unspecified atom stereocenters. The first-order valence-electron chi connectivity index (χ1n) is 7.61. The van der Waals surface area contributed by atoms with E-state index in [-0.39, 0.29) is 5.79 Å². The van der Waals surface area contributed by atoms with Crippen molar-refractivity contribution < 1.29 is 9.47 Å². The molecule has 108 valence electrons. The van der Waals surface area contributed by atoms with Crippen LogP contribution in [0.15, 0.2) is 18.2 Å². The number of hydrogen-bond donors (Lipinski definition) is 1. The van der Waals surface area contributed by atoms with Crippen LogP contribution >= 0.6 is 0 Å². The highest BCUT2D eigenvalue weighted by Gasteiger charge is 2.47. The van der Waals surface area contributed by atoms with Crippen LogP contribution in [0.5, 0.6) is 11.5 Å². The second-order valence-corrected chi connectivity index (χ2v) is 6.47. The quantitative estimate of drug-likeness (QED) is 0.899. The Morgan fingerprint density at radius 1 is 1.30 bits per heavy atom. The van der Waals surface area contributed by atoms with Gasteiger partial charge in [-0.05, 0) is 50.0 Å². The van der Waals surface area contributed by atoms with E-state index in [0.717, 1.165) is 43.9 Å². The maximum Gasteiger partial charge on any atom is 0.251 e. The van der Waals surface area contributed by atoms with Crippen LogP contribution in [-0.4, -0.2) is 30.8 Å². The van der Waals surface area contributed by atoms with Gasteiger partial charge >= 0.3 is 0 Å². The van der Waals surface area contributed by atoms with Crippen LogP contribution in [-0.2, 0) is 0 Å². The van der Waals surface area contributed by atoms with Crippen LogP contribution in [0, 0.1) is 5.92 Å². The Balaban J connectivity index is 1.58. The van der Waals surface area contributed by atoms with E-state index in [2.05, 4.69) is 30.1 Å². The van der Waals surface area contributed by atoms with E-state index in [1.807, 2.05) is 0 Å². The predicted octanol–water partition coefficient (Wildman–Crippen LogP) is 2.29. The predicted molar refractivity (Wildman–Crippen MR) is 76.8 cm³/mol. The van der Waals surface area contributed by atoms with Crippen LogP contribution < -0.4 is 15.2 Å². The molecule has 1 aromatic rings. The third-order valence-corrected chi connectivity index (χ3v) is 5.03. The molecule has 1 aromatic carbocycles. The van der Waals surface area contributed by atoms with E-state index in [1.165, 1.54) is 12.0 Å². The van der Waals surface area contributed by atoms with Crippen LogP contribution in [0.2, 0.25) is 0 Å². The van der Waals surface area contributed by atoms with Crippen molar-refractivity contribution in [2.45, 2.75) is 37.5 Å². The van der Waals surface area contributed by atoms with Gasteiger partial charge in [0.25, 0.3) is 5.79 Å². The van der Waals surface area contributed by atoms with Crippen molar-refractivity contribution >= 4 is 0 Å². The maximum atomic E-state index is 6.05. The first-order chi connectivity index (χ1) is 9.69. The van der Waals surface area contributed by atoms with E-state index in [1.54, 1.807) is 0 Å². The Bertz CT molecular complexity index is 527. The molecule has 2 atom stereocenters. The average Bonchev–Trinajstić information content (AvgIpc) is 2.97. The molecule has 1 aliphatic carbocycles. The summed E-state index contributed by atoms with van der Waals surface area (Å²) in [7, 11) is 2.18. The minimum absolute atomic E-state index is 0.331. The monoisotopic (exact) mass is 274 g/mol. The van der Waals surface area contributed by atoms with Gasteiger partial charge < -0.3 is 15.2 Å². The lowest BCUT2D eigenvalue weighted by atomic mass is 9.91. The second kappa shape index (κ2) is 4.37. The highest BCUT2D eigenvalue weighted by molar-refractivity contribution is 5.47. The molecule has 3 aliphatic rings. The molecule has 1 saturated carbocycles. The number of benzene rings is 1. The molecule has 2 heterocycles. The first kappa shape index (κ1) is 12.5. The van der Waals surface area contributed by atoms with Gasteiger partial charge in [0.2, 0.25) is 0 Å². The molecular formula is C16H22N2O2. The van der Waals surface area contributed by atoms with Crippen LogP contribution in [0.25, 0.3) is 0 Å². The molecule has 4 rings (SSSR count). The van der Waals surface area contributed by atoms with Crippen molar-refractivity contribution in [3.8, 4) is 11.5 Å². The number of hydrogen-bond acceptors (Lipinski definition) is 4. The minimum Gasteiger partial charge on any atom is -0.448 e.